The molecule has 5 rings (SSSR count). The first-order chi connectivity index (χ1) is 18.5. The number of hydrogen-bond acceptors (Lipinski definition) is 8. The van der Waals surface area contributed by atoms with Crippen molar-refractivity contribution in [1.82, 2.24) is 21.0 Å². The molecule has 3 N–H and O–H groups in total. The maximum absolute atomic E-state index is 12.6. The van der Waals surface area contributed by atoms with Crippen molar-refractivity contribution in [1.29, 1.82) is 0 Å². The van der Waals surface area contributed by atoms with Gasteiger partial charge in [-0.25, -0.2) is 0 Å². The Balaban J connectivity index is 0.000000204. The molecule has 0 radical (unpaired) electrons. The Morgan fingerprint density at radius 2 is 1.84 bits per heavy atom. The van der Waals surface area contributed by atoms with E-state index in [0.29, 0.717) is 26.2 Å². The van der Waals surface area contributed by atoms with Crippen molar-refractivity contribution in [2.45, 2.75) is 37.6 Å². The van der Waals surface area contributed by atoms with Crippen LogP contribution in [0.5, 0.6) is 11.5 Å². The molecular weight excluding hydrogens is 490 g/mol. The average molecular weight is 524 g/mol. The van der Waals surface area contributed by atoms with E-state index in [1.807, 2.05) is 54.6 Å². The fourth-order valence-electron chi connectivity index (χ4n) is 4.36. The van der Waals surface area contributed by atoms with Crippen LogP contribution in [0.2, 0.25) is 0 Å². The average Bonchev–Trinajstić information content (AvgIpc) is 3.71. The van der Waals surface area contributed by atoms with Gasteiger partial charge in [-0.2, -0.15) is 5.10 Å². The summed E-state index contributed by atoms with van der Waals surface area (Å²) in [5, 5.41) is 9.07. The van der Waals surface area contributed by atoms with Gasteiger partial charge in [-0.1, -0.05) is 35.9 Å². The first-order valence-corrected chi connectivity index (χ1v) is 12.6. The van der Waals surface area contributed by atoms with Crippen molar-refractivity contribution in [3.05, 3.63) is 60.2 Å². The van der Waals surface area contributed by atoms with Crippen LogP contribution in [0.1, 0.15) is 18.4 Å². The molecule has 38 heavy (non-hydrogen) atoms. The van der Waals surface area contributed by atoms with Crippen molar-refractivity contribution in [3.63, 3.8) is 0 Å². The van der Waals surface area contributed by atoms with E-state index >= 15 is 0 Å². The highest BCUT2D eigenvalue weighted by Gasteiger charge is 2.52. The number of hydrogen-bond donors (Lipinski definition) is 3. The van der Waals surface area contributed by atoms with Crippen LogP contribution in [-0.4, -0.2) is 80.1 Å². The van der Waals surface area contributed by atoms with Crippen LogP contribution in [0, 0.1) is 6.92 Å². The van der Waals surface area contributed by atoms with Gasteiger partial charge >= 0.3 is 0 Å². The van der Waals surface area contributed by atoms with Gasteiger partial charge in [0.25, 0.3) is 0 Å². The summed E-state index contributed by atoms with van der Waals surface area (Å²) in [5.74, 6) is 0.214. The van der Waals surface area contributed by atoms with Crippen LogP contribution in [0.25, 0.3) is 0 Å². The zero-order chi connectivity index (χ0) is 26.8. The molecule has 0 bridgehead atoms. The molecule has 2 fully saturated rings. The first-order valence-electron chi connectivity index (χ1n) is 12.6. The summed E-state index contributed by atoms with van der Waals surface area (Å²) < 4.78 is 16.9. The second kappa shape index (κ2) is 13.0. The molecule has 2 aromatic rings. The van der Waals surface area contributed by atoms with E-state index in [0.717, 1.165) is 17.9 Å². The molecule has 0 saturated carbocycles. The third-order valence-corrected chi connectivity index (χ3v) is 6.33. The Kier molecular flexibility index (Phi) is 9.28. The molecular formula is C27H33N5O6. The van der Waals surface area contributed by atoms with Crippen LogP contribution in [0.4, 0.5) is 0 Å². The van der Waals surface area contributed by atoms with E-state index in [2.05, 4.69) is 28.1 Å². The first kappa shape index (κ1) is 27.1. The largest absolute Gasteiger partial charge is 0.457 e. The number of hydrazone groups is 1. The number of benzene rings is 2. The monoisotopic (exact) mass is 523 g/mol. The number of carbonyl (C=O) groups is 3. The SMILES string of the molecule is Cc1ccc(Oc2ccccc2)cc1.O=CNCC(=O)N1CC2(CC1C(=O)NCC1CC=NN1)OCCO2. The molecule has 202 valence electrons. The predicted octanol–water partition coefficient (Wildman–Crippen LogP) is 1.33. The second-order valence-electron chi connectivity index (χ2n) is 9.19. The number of nitrogens with zero attached hydrogens (tertiary/aromatic N) is 2. The number of nitrogens with one attached hydrogen (secondary N) is 3. The Labute approximate surface area is 221 Å². The summed E-state index contributed by atoms with van der Waals surface area (Å²) in [7, 11) is 0. The Morgan fingerprint density at radius 1 is 1.13 bits per heavy atom. The molecule has 2 unspecified atom stereocenters. The van der Waals surface area contributed by atoms with Crippen molar-refractivity contribution in [3.8, 4) is 11.5 Å². The van der Waals surface area contributed by atoms with Gasteiger partial charge in [0.15, 0.2) is 5.79 Å². The Bertz CT molecular complexity index is 1100. The summed E-state index contributed by atoms with van der Waals surface area (Å²) in [4.78, 5) is 36.7. The molecule has 3 aliphatic heterocycles. The lowest BCUT2D eigenvalue weighted by Crippen LogP contribution is -2.50. The molecule has 11 heteroatoms. The highest BCUT2D eigenvalue weighted by Crippen LogP contribution is 2.34. The molecule has 3 aliphatic rings. The molecule has 0 aromatic heterocycles. The van der Waals surface area contributed by atoms with E-state index in [9.17, 15) is 14.4 Å². The fraction of sp³-hybridized carbons (Fsp3) is 0.407. The maximum atomic E-state index is 12.6. The van der Waals surface area contributed by atoms with Crippen molar-refractivity contribution < 1.29 is 28.6 Å². The van der Waals surface area contributed by atoms with Crippen LogP contribution >= 0.6 is 0 Å². The molecule has 2 aromatic carbocycles. The molecule has 0 aliphatic carbocycles. The van der Waals surface area contributed by atoms with E-state index in [-0.39, 0.29) is 37.4 Å². The van der Waals surface area contributed by atoms with Crippen LogP contribution in [0.3, 0.4) is 0 Å². The third-order valence-electron chi connectivity index (χ3n) is 6.33. The molecule has 2 saturated heterocycles. The standard InChI is InChI=1S/C14H21N5O5.C13H12O/c20-9-15-7-12(21)19-8-14(23-3-4-24-14)5-11(19)13(22)16-6-10-1-2-17-18-10;1-11-7-9-13(10-8-11)14-12-5-3-2-4-6-12/h2,9-11,18H,1,3-8H2,(H,15,20)(H,16,22);2-10H,1H3. The smallest absolute Gasteiger partial charge is 0.243 e. The van der Waals surface area contributed by atoms with Crippen molar-refractivity contribution in [2.75, 3.05) is 32.8 Å². The minimum atomic E-state index is -0.923. The number of aryl methyl sites for hydroxylation is 1. The molecule has 3 amide bonds. The zero-order valence-corrected chi connectivity index (χ0v) is 21.3. The number of amides is 3. The van der Waals surface area contributed by atoms with E-state index < -0.39 is 11.8 Å². The minimum absolute atomic E-state index is 0.0594. The minimum Gasteiger partial charge on any atom is -0.457 e. The second-order valence-corrected chi connectivity index (χ2v) is 9.19. The third kappa shape index (κ3) is 7.30. The van der Waals surface area contributed by atoms with Gasteiger partial charge in [-0.15, -0.1) is 0 Å². The van der Waals surface area contributed by atoms with Gasteiger partial charge in [-0.05, 0) is 31.2 Å². The topological polar surface area (TPSA) is 131 Å². The normalized spacial score (nSPS) is 20.8. The number of ether oxygens (including phenoxy) is 3. The Hall–Kier alpha value is -3.96. The van der Waals surface area contributed by atoms with E-state index in [1.54, 1.807) is 6.21 Å². The van der Waals surface area contributed by atoms with Gasteiger partial charge in [0.05, 0.1) is 32.3 Å². The lowest BCUT2D eigenvalue weighted by Gasteiger charge is -2.24. The van der Waals surface area contributed by atoms with Gasteiger partial charge in [-0.3, -0.25) is 14.4 Å². The summed E-state index contributed by atoms with van der Waals surface area (Å²) in [6.07, 6.45) is 3.23. The lowest BCUT2D eigenvalue weighted by atomic mass is 10.1. The quantitative estimate of drug-likeness (QED) is 0.445. The van der Waals surface area contributed by atoms with Gasteiger partial charge in [0.1, 0.15) is 17.5 Å². The van der Waals surface area contributed by atoms with Crippen molar-refractivity contribution in [2.24, 2.45) is 5.10 Å². The number of likely N-dealkylation sites (tertiary alicyclic amines) is 1. The molecule has 2 atom stereocenters. The Morgan fingerprint density at radius 3 is 2.50 bits per heavy atom. The molecule has 3 heterocycles. The number of rotatable bonds is 8. The molecule has 1 spiro atoms. The zero-order valence-electron chi connectivity index (χ0n) is 21.3. The summed E-state index contributed by atoms with van der Waals surface area (Å²) in [5.41, 5.74) is 4.13. The summed E-state index contributed by atoms with van der Waals surface area (Å²) in [6, 6.07) is 17.2. The summed E-state index contributed by atoms with van der Waals surface area (Å²) >= 11 is 0. The van der Waals surface area contributed by atoms with E-state index in [1.165, 1.54) is 10.5 Å². The summed E-state index contributed by atoms with van der Waals surface area (Å²) in [6.45, 7) is 3.36. The van der Waals surface area contributed by atoms with Crippen LogP contribution < -0.4 is 20.8 Å². The van der Waals surface area contributed by atoms with Gasteiger partial charge < -0.3 is 35.2 Å². The predicted molar refractivity (Wildman–Crippen MR) is 140 cm³/mol. The van der Waals surface area contributed by atoms with Crippen LogP contribution in [0.15, 0.2) is 59.7 Å². The number of para-hydroxylation sites is 1. The van der Waals surface area contributed by atoms with Crippen LogP contribution in [-0.2, 0) is 23.9 Å². The van der Waals surface area contributed by atoms with Crippen molar-refractivity contribution >= 4 is 24.4 Å². The fourth-order valence-corrected chi connectivity index (χ4v) is 4.36. The maximum Gasteiger partial charge on any atom is 0.243 e. The highest BCUT2D eigenvalue weighted by atomic mass is 16.7. The number of carbonyl (C=O) groups excluding carboxylic acids is 3. The lowest BCUT2D eigenvalue weighted by molar-refractivity contribution is -0.152. The van der Waals surface area contributed by atoms with Gasteiger partial charge in [0.2, 0.25) is 18.2 Å². The van der Waals surface area contributed by atoms with E-state index in [4.69, 9.17) is 14.2 Å². The van der Waals surface area contributed by atoms with Gasteiger partial charge in [0, 0.05) is 25.6 Å². The molecule has 11 nitrogen and oxygen atoms in total. The highest BCUT2D eigenvalue weighted by molar-refractivity contribution is 5.89.